The fourth-order valence-electron chi connectivity index (χ4n) is 7.27. The largest absolute Gasteiger partial charge is 0.310 e. The lowest BCUT2D eigenvalue weighted by Gasteiger charge is -2.27. The van der Waals surface area contributed by atoms with Crippen LogP contribution in [0.3, 0.4) is 0 Å². The molecule has 10 aromatic rings. The number of hydrogen-bond acceptors (Lipinski definition) is 3. The van der Waals surface area contributed by atoms with Gasteiger partial charge in [-0.3, -0.25) is 0 Å². The quantitative estimate of drug-likeness (QED) is 0.178. The number of anilines is 3. The molecular formula is C46H29NS2. The Kier molecular flexibility index (Phi) is 6.61. The summed E-state index contributed by atoms with van der Waals surface area (Å²) in [6.07, 6.45) is 0. The third kappa shape index (κ3) is 4.82. The fraction of sp³-hybridized carbons (Fsp3) is 0. The van der Waals surface area contributed by atoms with Crippen LogP contribution in [0, 0.1) is 0 Å². The lowest BCUT2D eigenvalue weighted by Crippen LogP contribution is -2.10. The number of rotatable bonds is 5. The molecule has 1 nitrogen and oxygen atoms in total. The SMILES string of the molecule is c1cc(-c2ccc3ccccc3c2)cc(N(c2ccc(-c3ccc4c(c3)sc3ccccc34)cc2)c2cccc3sc4ccccc4c23)c1. The molecule has 0 aliphatic heterocycles. The van der Waals surface area contributed by atoms with Gasteiger partial charge in [0.2, 0.25) is 0 Å². The van der Waals surface area contributed by atoms with Gasteiger partial charge in [-0.25, -0.2) is 0 Å². The number of benzene rings is 8. The van der Waals surface area contributed by atoms with Crippen LogP contribution in [0.1, 0.15) is 0 Å². The molecule has 3 heteroatoms. The summed E-state index contributed by atoms with van der Waals surface area (Å²) in [6, 6.07) is 64.5. The Hall–Kier alpha value is -5.74. The minimum atomic E-state index is 1.13. The highest BCUT2D eigenvalue weighted by molar-refractivity contribution is 7.26. The van der Waals surface area contributed by atoms with Crippen LogP contribution in [0.5, 0.6) is 0 Å². The summed E-state index contributed by atoms with van der Waals surface area (Å²) in [5.41, 5.74) is 8.31. The maximum Gasteiger partial charge on any atom is 0.0554 e. The molecule has 0 atom stereocenters. The number of fused-ring (bicyclic) bond motifs is 7. The van der Waals surface area contributed by atoms with Crippen LogP contribution in [0.2, 0.25) is 0 Å². The Morgan fingerprint density at radius 2 is 0.939 bits per heavy atom. The van der Waals surface area contributed by atoms with Crippen LogP contribution in [0.25, 0.3) is 73.4 Å². The van der Waals surface area contributed by atoms with E-state index in [1.165, 1.54) is 79.1 Å². The molecule has 0 spiro atoms. The van der Waals surface area contributed by atoms with Crippen molar-refractivity contribution >= 4 is 90.9 Å². The predicted octanol–water partition coefficient (Wildman–Crippen LogP) is 14.4. The third-order valence-corrected chi connectivity index (χ3v) is 11.9. The van der Waals surface area contributed by atoms with Gasteiger partial charge >= 0.3 is 0 Å². The number of thiophene rings is 2. The van der Waals surface area contributed by atoms with Gasteiger partial charge in [-0.05, 0) is 93.7 Å². The van der Waals surface area contributed by atoms with E-state index < -0.39 is 0 Å². The molecule has 2 aromatic heterocycles. The van der Waals surface area contributed by atoms with Crippen LogP contribution in [-0.4, -0.2) is 0 Å². The molecule has 0 fully saturated rings. The van der Waals surface area contributed by atoms with Crippen molar-refractivity contribution < 1.29 is 0 Å². The summed E-state index contributed by atoms with van der Waals surface area (Å²) in [7, 11) is 0. The first kappa shape index (κ1) is 28.3. The molecule has 10 rings (SSSR count). The van der Waals surface area contributed by atoms with E-state index in [0.717, 1.165) is 11.4 Å². The zero-order valence-corrected chi connectivity index (χ0v) is 28.1. The molecule has 0 aliphatic rings. The smallest absolute Gasteiger partial charge is 0.0554 e. The van der Waals surface area contributed by atoms with E-state index >= 15 is 0 Å². The summed E-state index contributed by atoms with van der Waals surface area (Å²) in [5.74, 6) is 0. The molecule has 8 aromatic carbocycles. The lowest BCUT2D eigenvalue weighted by molar-refractivity contribution is 1.30. The monoisotopic (exact) mass is 659 g/mol. The second-order valence-electron chi connectivity index (χ2n) is 12.6. The van der Waals surface area contributed by atoms with Crippen molar-refractivity contribution in [2.45, 2.75) is 0 Å². The average molecular weight is 660 g/mol. The van der Waals surface area contributed by atoms with E-state index in [-0.39, 0.29) is 0 Å². The zero-order chi connectivity index (χ0) is 32.3. The van der Waals surface area contributed by atoms with Crippen molar-refractivity contribution in [2.24, 2.45) is 0 Å². The highest BCUT2D eigenvalue weighted by Crippen LogP contribution is 2.46. The van der Waals surface area contributed by atoms with E-state index in [4.69, 9.17) is 0 Å². The Morgan fingerprint density at radius 1 is 0.327 bits per heavy atom. The Morgan fingerprint density at radius 3 is 1.82 bits per heavy atom. The van der Waals surface area contributed by atoms with Crippen molar-refractivity contribution in [3.05, 3.63) is 176 Å². The van der Waals surface area contributed by atoms with Crippen LogP contribution < -0.4 is 4.90 Å². The Bertz CT molecular complexity index is 2840. The summed E-state index contributed by atoms with van der Waals surface area (Å²) in [5, 5.41) is 7.75. The van der Waals surface area contributed by atoms with Crippen molar-refractivity contribution in [1.82, 2.24) is 0 Å². The predicted molar refractivity (Wildman–Crippen MR) is 215 cm³/mol. The highest BCUT2D eigenvalue weighted by Gasteiger charge is 2.19. The van der Waals surface area contributed by atoms with E-state index in [0.29, 0.717) is 0 Å². The van der Waals surface area contributed by atoms with Gasteiger partial charge in [0.05, 0.1) is 5.69 Å². The van der Waals surface area contributed by atoms with Crippen molar-refractivity contribution in [2.75, 3.05) is 4.90 Å². The minimum Gasteiger partial charge on any atom is -0.310 e. The van der Waals surface area contributed by atoms with E-state index in [2.05, 4.69) is 181 Å². The molecule has 0 N–H and O–H groups in total. The molecular weight excluding hydrogens is 631 g/mol. The molecule has 0 aliphatic carbocycles. The van der Waals surface area contributed by atoms with Gasteiger partial charge < -0.3 is 4.90 Å². The van der Waals surface area contributed by atoms with Gasteiger partial charge in [0.1, 0.15) is 0 Å². The first-order valence-electron chi connectivity index (χ1n) is 16.6. The molecule has 49 heavy (non-hydrogen) atoms. The second-order valence-corrected chi connectivity index (χ2v) is 14.7. The topological polar surface area (TPSA) is 3.24 Å². The van der Waals surface area contributed by atoms with Gasteiger partial charge in [-0.15, -0.1) is 22.7 Å². The van der Waals surface area contributed by atoms with Crippen LogP contribution in [0.4, 0.5) is 17.1 Å². The standard InChI is InChI=1S/C46H29NS2/c1-2-10-32-27-34(20-19-30(32)9-1)33-11-7-12-37(28-33)47(41-15-8-18-44-46(41)40-14-4-6-17-43(40)48-44)36-24-21-31(22-25-36)35-23-26-39-38-13-3-5-16-42(38)49-45(39)29-35/h1-29H. The zero-order valence-electron chi connectivity index (χ0n) is 26.5. The maximum absolute atomic E-state index is 2.44. The molecule has 2 heterocycles. The van der Waals surface area contributed by atoms with Gasteiger partial charge in [0.25, 0.3) is 0 Å². The Labute approximate surface area is 292 Å². The molecule has 0 bridgehead atoms. The second kappa shape index (κ2) is 11.5. The molecule has 0 saturated heterocycles. The molecule has 0 radical (unpaired) electrons. The first-order chi connectivity index (χ1) is 24.3. The normalized spacial score (nSPS) is 11.7. The van der Waals surface area contributed by atoms with Gasteiger partial charge in [0, 0.05) is 51.7 Å². The highest BCUT2D eigenvalue weighted by atomic mass is 32.1. The molecule has 230 valence electrons. The minimum absolute atomic E-state index is 1.13. The maximum atomic E-state index is 2.44. The van der Waals surface area contributed by atoms with E-state index in [9.17, 15) is 0 Å². The van der Waals surface area contributed by atoms with Crippen LogP contribution in [0.15, 0.2) is 176 Å². The van der Waals surface area contributed by atoms with Crippen LogP contribution in [-0.2, 0) is 0 Å². The summed E-state index contributed by atoms with van der Waals surface area (Å²) >= 11 is 3.73. The lowest BCUT2D eigenvalue weighted by atomic mass is 10.00. The first-order valence-corrected chi connectivity index (χ1v) is 18.2. The summed E-state index contributed by atoms with van der Waals surface area (Å²) < 4.78 is 5.26. The summed E-state index contributed by atoms with van der Waals surface area (Å²) in [4.78, 5) is 2.44. The van der Waals surface area contributed by atoms with Gasteiger partial charge in [0.15, 0.2) is 0 Å². The number of hydrogen-bond donors (Lipinski definition) is 0. The van der Waals surface area contributed by atoms with Crippen molar-refractivity contribution in [3.8, 4) is 22.3 Å². The third-order valence-electron chi connectivity index (χ3n) is 9.65. The number of nitrogens with zero attached hydrogens (tertiary/aromatic N) is 1. The van der Waals surface area contributed by atoms with Crippen LogP contribution >= 0.6 is 22.7 Å². The van der Waals surface area contributed by atoms with E-state index in [1.54, 1.807) is 0 Å². The van der Waals surface area contributed by atoms with Crippen molar-refractivity contribution in [1.29, 1.82) is 0 Å². The average Bonchev–Trinajstić information content (AvgIpc) is 3.74. The van der Waals surface area contributed by atoms with Gasteiger partial charge in [-0.1, -0.05) is 115 Å². The van der Waals surface area contributed by atoms with Gasteiger partial charge in [-0.2, -0.15) is 0 Å². The molecule has 0 saturated carbocycles. The Balaban J connectivity index is 1.12. The molecule has 0 amide bonds. The molecule has 0 unspecified atom stereocenters. The van der Waals surface area contributed by atoms with E-state index in [1.807, 2.05) is 22.7 Å². The van der Waals surface area contributed by atoms with Crippen molar-refractivity contribution in [3.63, 3.8) is 0 Å². The summed E-state index contributed by atoms with van der Waals surface area (Å²) in [6.45, 7) is 0. The fourth-order valence-corrected chi connectivity index (χ4v) is 9.54.